The highest BCUT2D eigenvalue weighted by Crippen LogP contribution is 2.07. The second-order valence-electron chi connectivity index (χ2n) is 5.48. The van der Waals surface area contributed by atoms with Crippen LogP contribution in [0.15, 0.2) is 0 Å². The number of Topliss-reactive ketones (excluding diaryl/α,β-unsaturated/α-hetero) is 5. The van der Waals surface area contributed by atoms with Crippen molar-refractivity contribution in [3.63, 3.8) is 0 Å². The van der Waals surface area contributed by atoms with Gasteiger partial charge in [0.05, 0.1) is 0 Å². The first kappa shape index (κ1) is 21.3. The molecule has 0 bridgehead atoms. The van der Waals surface area contributed by atoms with Gasteiger partial charge in [-0.2, -0.15) is 0 Å². The Morgan fingerprint density at radius 1 is 0.522 bits per heavy atom. The van der Waals surface area contributed by atoms with Crippen LogP contribution in [-0.2, 0) is 24.0 Å². The molecule has 0 atom stereocenters. The number of ketones is 5. The Hall–Kier alpha value is -1.69. The van der Waals surface area contributed by atoms with E-state index in [1.807, 2.05) is 0 Å². The molecule has 0 aromatic rings. The normalized spacial score (nSPS) is 10.3. The van der Waals surface area contributed by atoms with Gasteiger partial charge in [0.1, 0.15) is 28.9 Å². The fourth-order valence-corrected chi connectivity index (χ4v) is 1.90. The lowest BCUT2D eigenvalue weighted by atomic mass is 10.0. The van der Waals surface area contributed by atoms with Crippen molar-refractivity contribution < 1.29 is 24.0 Å². The molecule has 0 aromatic heterocycles. The Morgan fingerprint density at radius 2 is 0.783 bits per heavy atom. The molecule has 1 radical (unpaired) electrons. The van der Waals surface area contributed by atoms with Crippen molar-refractivity contribution in [2.45, 2.75) is 64.2 Å². The maximum Gasteiger partial charge on any atom is 0.134 e. The zero-order chi connectivity index (χ0) is 17.7. The van der Waals surface area contributed by atoms with E-state index in [1.165, 1.54) is 0 Å². The second-order valence-corrected chi connectivity index (χ2v) is 5.48. The van der Waals surface area contributed by atoms with Gasteiger partial charge in [-0.3, -0.25) is 24.0 Å². The summed E-state index contributed by atoms with van der Waals surface area (Å²) in [6.45, 7) is 3.72. The van der Waals surface area contributed by atoms with Crippen molar-refractivity contribution in [2.24, 2.45) is 5.73 Å². The molecule has 0 aliphatic carbocycles. The van der Waals surface area contributed by atoms with E-state index in [4.69, 9.17) is 5.73 Å². The summed E-state index contributed by atoms with van der Waals surface area (Å²) in [5, 5.41) is 0. The third-order valence-electron chi connectivity index (χ3n) is 3.43. The van der Waals surface area contributed by atoms with Crippen LogP contribution in [0, 0.1) is 6.92 Å². The Kier molecular flexibility index (Phi) is 11.9. The molecule has 0 heterocycles. The van der Waals surface area contributed by atoms with Gasteiger partial charge in [-0.25, -0.2) is 0 Å². The van der Waals surface area contributed by atoms with Crippen LogP contribution in [0.2, 0.25) is 0 Å². The Bertz CT molecular complexity index is 442. The maximum atomic E-state index is 11.6. The topological polar surface area (TPSA) is 111 Å². The van der Waals surface area contributed by atoms with E-state index < -0.39 is 0 Å². The van der Waals surface area contributed by atoms with Crippen LogP contribution in [0.1, 0.15) is 64.2 Å². The molecule has 129 valence electrons. The summed E-state index contributed by atoms with van der Waals surface area (Å²) in [7, 11) is 0. The molecule has 0 aliphatic heterocycles. The highest BCUT2D eigenvalue weighted by molar-refractivity contribution is 5.91. The summed E-state index contributed by atoms with van der Waals surface area (Å²) >= 11 is 0. The number of nitrogens with two attached hydrogens (primary N) is 1. The van der Waals surface area contributed by atoms with Crippen molar-refractivity contribution >= 4 is 28.9 Å². The molecule has 0 aromatic carbocycles. The second kappa shape index (κ2) is 12.8. The summed E-state index contributed by atoms with van der Waals surface area (Å²) in [6, 6.07) is 0. The van der Waals surface area contributed by atoms with Crippen LogP contribution in [0.25, 0.3) is 0 Å². The third kappa shape index (κ3) is 12.5. The summed E-state index contributed by atoms with van der Waals surface area (Å²) in [4.78, 5) is 56.9. The van der Waals surface area contributed by atoms with Gasteiger partial charge in [-0.1, -0.05) is 0 Å². The summed E-state index contributed by atoms with van der Waals surface area (Å²) in [5.74, 6) is -0.521. The minimum absolute atomic E-state index is 0.0467. The van der Waals surface area contributed by atoms with Gasteiger partial charge in [-0.15, -0.1) is 0 Å². The van der Waals surface area contributed by atoms with Crippen molar-refractivity contribution in [3.8, 4) is 0 Å². The lowest BCUT2D eigenvalue weighted by Crippen LogP contribution is -2.11. The maximum absolute atomic E-state index is 11.6. The lowest BCUT2D eigenvalue weighted by Gasteiger charge is -2.02. The molecular weight excluding hydrogens is 298 g/mol. The van der Waals surface area contributed by atoms with Gasteiger partial charge in [-0.05, 0) is 13.5 Å². The number of hydrogen-bond donors (Lipinski definition) is 1. The van der Waals surface area contributed by atoms with Gasteiger partial charge >= 0.3 is 0 Å². The van der Waals surface area contributed by atoms with Gasteiger partial charge in [0, 0.05) is 64.2 Å². The van der Waals surface area contributed by atoms with Crippen molar-refractivity contribution in [3.05, 3.63) is 6.92 Å². The molecule has 23 heavy (non-hydrogen) atoms. The van der Waals surface area contributed by atoms with Gasteiger partial charge in [0.2, 0.25) is 0 Å². The Balaban J connectivity index is 3.77. The van der Waals surface area contributed by atoms with Gasteiger partial charge in [0.25, 0.3) is 0 Å². The number of carbonyl (C=O) groups is 5. The lowest BCUT2D eigenvalue weighted by molar-refractivity contribution is -0.127. The molecule has 0 rings (SSSR count). The van der Waals surface area contributed by atoms with Crippen molar-refractivity contribution in [1.29, 1.82) is 0 Å². The van der Waals surface area contributed by atoms with Crippen molar-refractivity contribution in [1.82, 2.24) is 0 Å². The predicted molar refractivity (Wildman–Crippen MR) is 85.6 cm³/mol. The van der Waals surface area contributed by atoms with Crippen LogP contribution in [0.4, 0.5) is 0 Å². The molecule has 0 saturated heterocycles. The minimum atomic E-state index is -0.150. The zero-order valence-electron chi connectivity index (χ0n) is 13.6. The fourth-order valence-electron chi connectivity index (χ4n) is 1.90. The van der Waals surface area contributed by atoms with Crippen molar-refractivity contribution in [2.75, 3.05) is 6.54 Å². The van der Waals surface area contributed by atoms with E-state index in [2.05, 4.69) is 6.92 Å². The standard InChI is InChI=1S/C17H26NO5/c1-2-13(19)3-4-14(20)5-6-15(21)7-8-16(22)9-10-17(23)11-12-18/h1-12,18H2. The highest BCUT2D eigenvalue weighted by atomic mass is 16.1. The highest BCUT2D eigenvalue weighted by Gasteiger charge is 2.12. The Morgan fingerprint density at radius 3 is 1.04 bits per heavy atom. The van der Waals surface area contributed by atoms with E-state index in [-0.39, 0.29) is 99.7 Å². The van der Waals surface area contributed by atoms with Crippen LogP contribution >= 0.6 is 0 Å². The molecule has 0 aliphatic rings. The average Bonchev–Trinajstić information content (AvgIpc) is 2.54. The van der Waals surface area contributed by atoms with Gasteiger partial charge in [0.15, 0.2) is 0 Å². The molecular formula is C17H26NO5. The quantitative estimate of drug-likeness (QED) is 0.489. The molecule has 6 heteroatoms. The Labute approximate surface area is 137 Å². The summed E-state index contributed by atoms with van der Waals surface area (Å²) in [6.07, 6.45) is 1.45. The summed E-state index contributed by atoms with van der Waals surface area (Å²) in [5.41, 5.74) is 5.24. The van der Waals surface area contributed by atoms with E-state index >= 15 is 0 Å². The minimum Gasteiger partial charge on any atom is -0.330 e. The molecule has 0 unspecified atom stereocenters. The monoisotopic (exact) mass is 324 g/mol. The molecule has 6 nitrogen and oxygen atoms in total. The predicted octanol–water partition coefficient (Wildman–Crippen LogP) is 1.53. The molecule has 2 N–H and O–H groups in total. The molecule has 0 fully saturated rings. The average molecular weight is 324 g/mol. The molecule has 0 amide bonds. The number of hydrogen-bond acceptors (Lipinski definition) is 6. The summed E-state index contributed by atoms with van der Waals surface area (Å²) < 4.78 is 0. The van der Waals surface area contributed by atoms with E-state index in [0.29, 0.717) is 0 Å². The SMILES string of the molecule is [CH2]CC(=O)CCC(=O)CCC(=O)CCC(=O)CCC(=O)CCN. The first-order valence-electron chi connectivity index (χ1n) is 7.96. The van der Waals surface area contributed by atoms with E-state index in [1.54, 1.807) is 0 Å². The smallest absolute Gasteiger partial charge is 0.134 e. The van der Waals surface area contributed by atoms with Gasteiger partial charge < -0.3 is 5.73 Å². The zero-order valence-corrected chi connectivity index (χ0v) is 13.6. The third-order valence-corrected chi connectivity index (χ3v) is 3.43. The van der Waals surface area contributed by atoms with Crippen LogP contribution in [-0.4, -0.2) is 35.5 Å². The first-order valence-corrected chi connectivity index (χ1v) is 7.96. The molecule has 0 saturated carbocycles. The van der Waals surface area contributed by atoms with Crippen LogP contribution < -0.4 is 5.73 Å². The van der Waals surface area contributed by atoms with Crippen LogP contribution in [0.3, 0.4) is 0 Å². The number of carbonyl (C=O) groups excluding carboxylic acids is 5. The largest absolute Gasteiger partial charge is 0.330 e. The molecule has 0 spiro atoms. The number of rotatable bonds is 15. The van der Waals surface area contributed by atoms with E-state index in [9.17, 15) is 24.0 Å². The van der Waals surface area contributed by atoms with E-state index in [0.717, 1.165) is 0 Å². The fraction of sp³-hybridized carbons (Fsp3) is 0.647. The first-order chi connectivity index (χ1) is 10.9. The van der Waals surface area contributed by atoms with Crippen LogP contribution in [0.5, 0.6) is 0 Å².